The topological polar surface area (TPSA) is 38.7 Å². The molecule has 1 aromatic heterocycles. The minimum absolute atomic E-state index is 0.650. The van der Waals surface area contributed by atoms with Crippen LogP contribution in [0.25, 0.3) is 78.0 Å². The third-order valence-corrected chi connectivity index (χ3v) is 8.12. The Hall–Kier alpha value is -5.93. The van der Waals surface area contributed by atoms with E-state index in [4.69, 9.17) is 15.0 Å². The number of fused-ring (bicyclic) bond motifs is 2. The summed E-state index contributed by atoms with van der Waals surface area (Å²) in [7, 11) is 0. The summed E-state index contributed by atoms with van der Waals surface area (Å²) in [5, 5.41) is 4.68. The second-order valence-corrected chi connectivity index (χ2v) is 11.0. The minimum atomic E-state index is 0.650. The lowest BCUT2D eigenvalue weighted by Crippen LogP contribution is -2.00. The molecule has 8 aromatic rings. The molecule has 0 fully saturated rings. The first-order chi connectivity index (χ1) is 21.8. The van der Waals surface area contributed by atoms with Gasteiger partial charge in [-0.3, -0.25) is 0 Å². The number of nitrogens with zero attached hydrogens (tertiary/aromatic N) is 3. The number of hydrogen-bond donors (Lipinski definition) is 0. The molecule has 0 aliphatic carbocycles. The summed E-state index contributed by atoms with van der Waals surface area (Å²) in [5.74, 6) is 1.96. The van der Waals surface area contributed by atoms with E-state index in [2.05, 4.69) is 158 Å². The molecule has 3 heteroatoms. The molecular weight excluding hydrogens is 534 g/mol. The maximum absolute atomic E-state index is 4.99. The van der Waals surface area contributed by atoms with Crippen LogP contribution in [0.1, 0.15) is 0 Å². The zero-order valence-electron chi connectivity index (χ0n) is 23.9. The molecule has 44 heavy (non-hydrogen) atoms. The van der Waals surface area contributed by atoms with Crippen molar-refractivity contribution in [3.8, 4) is 56.4 Å². The van der Waals surface area contributed by atoms with Crippen molar-refractivity contribution < 1.29 is 0 Å². The molecule has 0 aliphatic rings. The van der Waals surface area contributed by atoms with Crippen LogP contribution >= 0.6 is 0 Å². The fraction of sp³-hybridized carbons (Fsp3) is 0. The predicted molar refractivity (Wildman–Crippen MR) is 182 cm³/mol. The van der Waals surface area contributed by atoms with E-state index < -0.39 is 0 Å². The largest absolute Gasteiger partial charge is 0.208 e. The van der Waals surface area contributed by atoms with Crippen LogP contribution in [0.15, 0.2) is 164 Å². The highest BCUT2D eigenvalue weighted by Crippen LogP contribution is 2.30. The van der Waals surface area contributed by atoms with Gasteiger partial charge in [0.1, 0.15) is 0 Å². The van der Waals surface area contributed by atoms with Crippen LogP contribution in [0.4, 0.5) is 0 Å². The highest BCUT2D eigenvalue weighted by molar-refractivity contribution is 5.88. The van der Waals surface area contributed by atoms with Gasteiger partial charge >= 0.3 is 0 Å². The van der Waals surface area contributed by atoms with Gasteiger partial charge in [0.25, 0.3) is 0 Å². The van der Waals surface area contributed by atoms with Crippen molar-refractivity contribution >= 4 is 21.5 Å². The maximum Gasteiger partial charge on any atom is 0.164 e. The van der Waals surface area contributed by atoms with Gasteiger partial charge in [-0.2, -0.15) is 0 Å². The Labute approximate surface area is 256 Å². The summed E-state index contributed by atoms with van der Waals surface area (Å²) in [4.78, 5) is 15.0. The van der Waals surface area contributed by atoms with Gasteiger partial charge in [0, 0.05) is 16.7 Å². The lowest BCUT2D eigenvalue weighted by Gasteiger charge is -2.10. The molecule has 0 N–H and O–H groups in total. The van der Waals surface area contributed by atoms with E-state index >= 15 is 0 Å². The Morgan fingerprint density at radius 2 is 0.545 bits per heavy atom. The molecule has 0 aliphatic heterocycles. The summed E-state index contributed by atoms with van der Waals surface area (Å²) in [5.41, 5.74) is 7.61. The highest BCUT2D eigenvalue weighted by Gasteiger charge is 2.14. The van der Waals surface area contributed by atoms with Gasteiger partial charge in [-0.05, 0) is 55.9 Å². The van der Waals surface area contributed by atoms with Crippen molar-refractivity contribution in [1.29, 1.82) is 0 Å². The Bertz CT molecular complexity index is 2160. The quantitative estimate of drug-likeness (QED) is 0.210. The molecule has 0 unspecified atom stereocenters. The first-order valence-electron chi connectivity index (χ1n) is 14.8. The molecular formula is C41H27N3. The molecule has 206 valence electrons. The standard InChI is InChI=1S/C41H27N3/c1-2-8-28(9-3-1)31-14-16-32(17-15-31)33-18-22-34(23-19-33)39-42-40(37-24-20-29-10-4-6-12-35(29)26-37)44-41(43-39)38-25-21-30-11-5-7-13-36(30)27-38/h1-27H. The third kappa shape index (κ3) is 5.01. The van der Waals surface area contributed by atoms with Gasteiger partial charge in [0.2, 0.25) is 0 Å². The highest BCUT2D eigenvalue weighted by atomic mass is 15.0. The first kappa shape index (κ1) is 25.8. The Kier molecular flexibility index (Phi) is 6.47. The van der Waals surface area contributed by atoms with Gasteiger partial charge in [-0.15, -0.1) is 0 Å². The summed E-state index contributed by atoms with van der Waals surface area (Å²) in [6.45, 7) is 0. The SMILES string of the molecule is c1ccc(-c2ccc(-c3ccc(-c4nc(-c5ccc6ccccc6c5)nc(-c5ccc6ccccc6c5)n4)cc3)cc2)cc1. The summed E-state index contributed by atoms with van der Waals surface area (Å²) in [6.07, 6.45) is 0. The second kappa shape index (κ2) is 11.0. The van der Waals surface area contributed by atoms with E-state index in [1.54, 1.807) is 0 Å². The lowest BCUT2D eigenvalue weighted by atomic mass is 9.99. The molecule has 0 radical (unpaired) electrons. The number of rotatable bonds is 5. The summed E-state index contributed by atoms with van der Waals surface area (Å²) >= 11 is 0. The molecule has 0 saturated carbocycles. The van der Waals surface area contributed by atoms with Gasteiger partial charge in [-0.25, -0.2) is 15.0 Å². The van der Waals surface area contributed by atoms with Crippen molar-refractivity contribution in [3.63, 3.8) is 0 Å². The Morgan fingerprint density at radius 3 is 1.00 bits per heavy atom. The normalized spacial score (nSPS) is 11.2. The maximum atomic E-state index is 4.99. The number of benzene rings is 7. The minimum Gasteiger partial charge on any atom is -0.208 e. The average Bonchev–Trinajstić information content (AvgIpc) is 3.11. The number of hydrogen-bond acceptors (Lipinski definition) is 3. The van der Waals surface area contributed by atoms with Crippen LogP contribution in [0.2, 0.25) is 0 Å². The zero-order chi connectivity index (χ0) is 29.3. The smallest absolute Gasteiger partial charge is 0.164 e. The molecule has 0 saturated heterocycles. The van der Waals surface area contributed by atoms with Gasteiger partial charge in [0.15, 0.2) is 17.5 Å². The zero-order valence-corrected chi connectivity index (χ0v) is 23.9. The van der Waals surface area contributed by atoms with Crippen molar-refractivity contribution in [1.82, 2.24) is 15.0 Å². The number of aromatic nitrogens is 3. The fourth-order valence-corrected chi connectivity index (χ4v) is 5.72. The van der Waals surface area contributed by atoms with Gasteiger partial charge in [-0.1, -0.05) is 152 Å². The van der Waals surface area contributed by atoms with E-state index in [0.717, 1.165) is 33.0 Å². The molecule has 0 bridgehead atoms. The van der Waals surface area contributed by atoms with Crippen molar-refractivity contribution in [2.75, 3.05) is 0 Å². The van der Waals surface area contributed by atoms with Crippen LogP contribution in [0.5, 0.6) is 0 Å². The van der Waals surface area contributed by atoms with Crippen molar-refractivity contribution in [2.24, 2.45) is 0 Å². The lowest BCUT2D eigenvalue weighted by molar-refractivity contribution is 1.08. The van der Waals surface area contributed by atoms with Crippen molar-refractivity contribution in [3.05, 3.63) is 164 Å². The van der Waals surface area contributed by atoms with Gasteiger partial charge < -0.3 is 0 Å². The molecule has 0 spiro atoms. The van der Waals surface area contributed by atoms with E-state index in [-0.39, 0.29) is 0 Å². The average molecular weight is 562 g/mol. The van der Waals surface area contributed by atoms with Crippen LogP contribution < -0.4 is 0 Å². The fourth-order valence-electron chi connectivity index (χ4n) is 5.72. The van der Waals surface area contributed by atoms with E-state index in [1.165, 1.54) is 27.5 Å². The molecule has 7 aromatic carbocycles. The van der Waals surface area contributed by atoms with Gasteiger partial charge in [0.05, 0.1) is 0 Å². The molecule has 0 atom stereocenters. The Balaban J connectivity index is 1.19. The monoisotopic (exact) mass is 561 g/mol. The summed E-state index contributed by atoms with van der Waals surface area (Å²) < 4.78 is 0. The van der Waals surface area contributed by atoms with E-state index in [9.17, 15) is 0 Å². The third-order valence-electron chi connectivity index (χ3n) is 8.12. The Morgan fingerprint density at radius 1 is 0.227 bits per heavy atom. The molecule has 0 amide bonds. The second-order valence-electron chi connectivity index (χ2n) is 11.0. The van der Waals surface area contributed by atoms with Crippen molar-refractivity contribution in [2.45, 2.75) is 0 Å². The van der Waals surface area contributed by atoms with E-state index in [0.29, 0.717) is 17.5 Å². The van der Waals surface area contributed by atoms with Crippen LogP contribution in [0.3, 0.4) is 0 Å². The molecule has 8 rings (SSSR count). The van der Waals surface area contributed by atoms with Crippen LogP contribution in [0, 0.1) is 0 Å². The molecule has 3 nitrogen and oxygen atoms in total. The predicted octanol–water partition coefficient (Wildman–Crippen LogP) is 10.5. The van der Waals surface area contributed by atoms with Crippen LogP contribution in [-0.2, 0) is 0 Å². The first-order valence-corrected chi connectivity index (χ1v) is 14.8. The molecule has 1 heterocycles. The van der Waals surface area contributed by atoms with Crippen LogP contribution in [-0.4, -0.2) is 15.0 Å². The van der Waals surface area contributed by atoms with E-state index in [1.807, 2.05) is 6.07 Å². The summed E-state index contributed by atoms with van der Waals surface area (Å²) in [6, 6.07) is 57.1.